The van der Waals surface area contributed by atoms with Gasteiger partial charge in [-0.25, -0.2) is 4.79 Å². The van der Waals surface area contributed by atoms with Crippen LogP contribution in [0.25, 0.3) is 5.69 Å². The van der Waals surface area contributed by atoms with Crippen LogP contribution in [0.4, 0.5) is 11.4 Å². The van der Waals surface area contributed by atoms with E-state index in [2.05, 4.69) is 15.6 Å². The minimum absolute atomic E-state index is 0.122. The first-order valence-electron chi connectivity index (χ1n) is 9.04. The molecule has 7 nitrogen and oxygen atoms in total. The summed E-state index contributed by atoms with van der Waals surface area (Å²) in [7, 11) is 0. The summed E-state index contributed by atoms with van der Waals surface area (Å²) in [5.74, 6) is -0.121. The zero-order valence-corrected chi connectivity index (χ0v) is 17.0. The van der Waals surface area contributed by atoms with Gasteiger partial charge in [0, 0.05) is 17.6 Å². The number of carbonyl (C=O) groups is 2. The SMILES string of the molecule is Cc1ccc(NC(=O)CSCC(=O)Nc2ccccc2-n2c(C)c[nH]c2=O)cc1. The molecule has 29 heavy (non-hydrogen) atoms. The van der Waals surface area contributed by atoms with Gasteiger partial charge in [0.1, 0.15) is 0 Å². The number of hydrogen-bond donors (Lipinski definition) is 3. The van der Waals surface area contributed by atoms with E-state index in [9.17, 15) is 14.4 Å². The molecule has 0 saturated heterocycles. The molecule has 3 aromatic rings. The van der Waals surface area contributed by atoms with E-state index < -0.39 is 0 Å². The van der Waals surface area contributed by atoms with Gasteiger partial charge in [-0.1, -0.05) is 29.8 Å². The lowest BCUT2D eigenvalue weighted by molar-refractivity contribution is -0.114. The molecule has 0 atom stereocenters. The van der Waals surface area contributed by atoms with Gasteiger partial charge in [-0.05, 0) is 38.1 Å². The number of aromatic nitrogens is 2. The van der Waals surface area contributed by atoms with Crippen molar-refractivity contribution in [3.8, 4) is 5.69 Å². The van der Waals surface area contributed by atoms with E-state index in [4.69, 9.17) is 0 Å². The number of benzene rings is 2. The van der Waals surface area contributed by atoms with E-state index in [0.717, 1.165) is 16.9 Å². The third kappa shape index (κ3) is 5.39. The predicted octanol–water partition coefficient (Wildman–Crippen LogP) is 3.09. The molecule has 0 bridgehead atoms. The number of para-hydroxylation sites is 2. The summed E-state index contributed by atoms with van der Waals surface area (Å²) in [6, 6.07) is 14.6. The van der Waals surface area contributed by atoms with Gasteiger partial charge in [0.25, 0.3) is 0 Å². The van der Waals surface area contributed by atoms with Crippen LogP contribution in [-0.4, -0.2) is 32.9 Å². The molecule has 8 heteroatoms. The fourth-order valence-corrected chi connectivity index (χ4v) is 3.40. The maximum Gasteiger partial charge on any atom is 0.330 e. The standard InChI is InChI=1S/C21H22N4O3S/c1-14-7-9-16(10-8-14)23-19(26)12-29-13-20(27)24-17-5-3-4-6-18(17)25-15(2)11-22-21(25)28/h3-11H,12-13H2,1-2H3,(H,22,28)(H,23,26)(H,24,27). The van der Waals surface area contributed by atoms with E-state index in [1.54, 1.807) is 37.4 Å². The molecule has 0 radical (unpaired) electrons. The van der Waals surface area contributed by atoms with Crippen LogP contribution in [0.15, 0.2) is 59.5 Å². The molecule has 0 aliphatic heterocycles. The average Bonchev–Trinajstić information content (AvgIpc) is 3.02. The van der Waals surface area contributed by atoms with Gasteiger partial charge in [0.15, 0.2) is 0 Å². The average molecular weight is 410 g/mol. The van der Waals surface area contributed by atoms with Crippen molar-refractivity contribution in [3.05, 3.63) is 76.5 Å². The lowest BCUT2D eigenvalue weighted by atomic mass is 10.2. The number of nitrogens with one attached hydrogen (secondary N) is 3. The Balaban J connectivity index is 1.55. The molecular formula is C21H22N4O3S. The maximum absolute atomic E-state index is 12.3. The van der Waals surface area contributed by atoms with Crippen LogP contribution in [0.3, 0.4) is 0 Å². The molecule has 0 fully saturated rings. The fraction of sp³-hybridized carbons (Fsp3) is 0.190. The van der Waals surface area contributed by atoms with Crippen molar-refractivity contribution < 1.29 is 9.59 Å². The van der Waals surface area contributed by atoms with Crippen molar-refractivity contribution in [1.29, 1.82) is 0 Å². The van der Waals surface area contributed by atoms with Crippen LogP contribution >= 0.6 is 11.8 Å². The van der Waals surface area contributed by atoms with E-state index in [-0.39, 0.29) is 29.0 Å². The number of nitrogens with zero attached hydrogens (tertiary/aromatic N) is 1. The van der Waals surface area contributed by atoms with E-state index in [0.29, 0.717) is 11.4 Å². The molecule has 0 spiro atoms. The number of anilines is 2. The molecule has 0 unspecified atom stereocenters. The summed E-state index contributed by atoms with van der Waals surface area (Å²) in [4.78, 5) is 39.0. The highest BCUT2D eigenvalue weighted by molar-refractivity contribution is 8.00. The first-order chi connectivity index (χ1) is 13.9. The van der Waals surface area contributed by atoms with Crippen LogP contribution in [0.1, 0.15) is 11.3 Å². The Morgan fingerprint density at radius 1 is 0.966 bits per heavy atom. The van der Waals surface area contributed by atoms with Gasteiger partial charge in [0.05, 0.1) is 22.9 Å². The van der Waals surface area contributed by atoms with E-state index in [1.807, 2.05) is 31.2 Å². The van der Waals surface area contributed by atoms with Crippen LogP contribution in [0.2, 0.25) is 0 Å². The van der Waals surface area contributed by atoms with Gasteiger partial charge in [-0.2, -0.15) is 0 Å². The van der Waals surface area contributed by atoms with Gasteiger partial charge >= 0.3 is 5.69 Å². The number of thioether (sulfide) groups is 1. The van der Waals surface area contributed by atoms with Gasteiger partial charge in [0.2, 0.25) is 11.8 Å². The van der Waals surface area contributed by atoms with Crippen molar-refractivity contribution in [2.24, 2.45) is 0 Å². The third-order valence-corrected chi connectivity index (χ3v) is 5.11. The Morgan fingerprint density at radius 3 is 2.28 bits per heavy atom. The number of carbonyl (C=O) groups excluding carboxylic acids is 2. The summed E-state index contributed by atoms with van der Waals surface area (Å²) in [6.07, 6.45) is 1.61. The molecule has 0 aliphatic rings. The highest BCUT2D eigenvalue weighted by atomic mass is 32.2. The summed E-state index contributed by atoms with van der Waals surface area (Å²) in [6.45, 7) is 3.78. The quantitative estimate of drug-likeness (QED) is 0.558. The first-order valence-corrected chi connectivity index (χ1v) is 10.2. The topological polar surface area (TPSA) is 96.0 Å². The Morgan fingerprint density at radius 2 is 1.62 bits per heavy atom. The lowest BCUT2D eigenvalue weighted by Gasteiger charge is -2.12. The minimum Gasteiger partial charge on any atom is -0.325 e. The van der Waals surface area contributed by atoms with Crippen LogP contribution in [-0.2, 0) is 9.59 Å². The molecule has 1 aromatic heterocycles. The molecule has 0 saturated carbocycles. The Hall–Kier alpha value is -3.26. The number of imidazole rings is 1. The largest absolute Gasteiger partial charge is 0.330 e. The van der Waals surface area contributed by atoms with Gasteiger partial charge in [-0.3, -0.25) is 14.2 Å². The second-order valence-electron chi connectivity index (χ2n) is 6.54. The molecule has 1 heterocycles. The molecule has 0 aliphatic carbocycles. The van der Waals surface area contributed by atoms with Crippen LogP contribution in [0.5, 0.6) is 0 Å². The molecule has 3 rings (SSSR count). The Kier molecular flexibility index (Phi) is 6.56. The summed E-state index contributed by atoms with van der Waals surface area (Å²) < 4.78 is 1.50. The zero-order valence-electron chi connectivity index (χ0n) is 16.2. The number of aromatic amines is 1. The molecule has 3 N–H and O–H groups in total. The molecule has 2 aromatic carbocycles. The Bertz CT molecular complexity index is 1070. The number of hydrogen-bond acceptors (Lipinski definition) is 4. The molecule has 150 valence electrons. The lowest BCUT2D eigenvalue weighted by Crippen LogP contribution is -2.21. The highest BCUT2D eigenvalue weighted by Gasteiger charge is 2.12. The molecular weight excluding hydrogens is 388 g/mol. The van der Waals surface area contributed by atoms with Gasteiger partial charge < -0.3 is 15.6 Å². The molecule has 2 amide bonds. The van der Waals surface area contributed by atoms with Crippen molar-refractivity contribution in [1.82, 2.24) is 9.55 Å². The second kappa shape index (κ2) is 9.29. The van der Waals surface area contributed by atoms with Gasteiger partial charge in [-0.15, -0.1) is 11.8 Å². The van der Waals surface area contributed by atoms with Crippen LogP contribution in [0, 0.1) is 13.8 Å². The highest BCUT2D eigenvalue weighted by Crippen LogP contribution is 2.20. The first kappa shape index (κ1) is 20.5. The monoisotopic (exact) mass is 410 g/mol. The third-order valence-electron chi connectivity index (χ3n) is 4.18. The number of amides is 2. The number of aryl methyl sites for hydroxylation is 2. The van der Waals surface area contributed by atoms with Crippen LogP contribution < -0.4 is 16.3 Å². The van der Waals surface area contributed by atoms with Crippen molar-refractivity contribution in [2.75, 3.05) is 22.1 Å². The summed E-state index contributed by atoms with van der Waals surface area (Å²) >= 11 is 1.22. The number of rotatable bonds is 7. The minimum atomic E-state index is -0.272. The maximum atomic E-state index is 12.3. The van der Waals surface area contributed by atoms with Crippen molar-refractivity contribution in [2.45, 2.75) is 13.8 Å². The summed E-state index contributed by atoms with van der Waals surface area (Å²) in [5, 5.41) is 5.62. The van der Waals surface area contributed by atoms with E-state index in [1.165, 1.54) is 16.3 Å². The summed E-state index contributed by atoms with van der Waals surface area (Å²) in [5.41, 5.74) is 3.43. The smallest absolute Gasteiger partial charge is 0.325 e. The Labute approximate surface area is 172 Å². The van der Waals surface area contributed by atoms with Crippen molar-refractivity contribution >= 4 is 35.0 Å². The fourth-order valence-electron chi connectivity index (χ4n) is 2.79. The zero-order chi connectivity index (χ0) is 20.8. The normalized spacial score (nSPS) is 10.6. The predicted molar refractivity (Wildman–Crippen MR) is 117 cm³/mol. The second-order valence-corrected chi connectivity index (χ2v) is 7.53. The van der Waals surface area contributed by atoms with Crippen molar-refractivity contribution in [3.63, 3.8) is 0 Å². The van der Waals surface area contributed by atoms with E-state index >= 15 is 0 Å². The number of H-pyrrole nitrogens is 1.